The third-order valence-electron chi connectivity index (χ3n) is 6.16. The molecule has 0 aromatic rings. The lowest BCUT2D eigenvalue weighted by molar-refractivity contribution is 0.283. The fourth-order valence-electron chi connectivity index (χ4n) is 4.32. The molecule has 0 fully saturated rings. The topological polar surface area (TPSA) is 80.9 Å². The zero-order valence-corrected chi connectivity index (χ0v) is 20.1. The Kier molecular flexibility index (Phi) is 23.2. The number of aliphatic hydroxyl groups is 4. The van der Waals surface area contributed by atoms with E-state index < -0.39 is 7.26 Å². The molecular formula is C24H52O4P+. The molecule has 0 aromatic carbocycles. The Labute approximate surface area is 181 Å². The smallest absolute Gasteiger partial charge is 0.0594 e. The number of hydrogen-bond donors (Lipinski definition) is 4. The molecule has 0 radical (unpaired) electrons. The van der Waals surface area contributed by atoms with Crippen LogP contribution in [0, 0.1) is 0 Å². The molecule has 0 aliphatic carbocycles. The van der Waals surface area contributed by atoms with Crippen molar-refractivity contribution in [2.75, 3.05) is 51.1 Å². The maximum absolute atomic E-state index is 9.04. The lowest BCUT2D eigenvalue weighted by Gasteiger charge is -2.28. The van der Waals surface area contributed by atoms with E-state index in [0.29, 0.717) is 26.4 Å². The minimum absolute atomic E-state index is 0.320. The maximum Gasteiger partial charge on any atom is 0.0594 e. The predicted molar refractivity (Wildman–Crippen MR) is 129 cm³/mol. The summed E-state index contributed by atoms with van der Waals surface area (Å²) in [6.45, 7) is 1.28. The normalized spacial score (nSPS) is 12.0. The van der Waals surface area contributed by atoms with Gasteiger partial charge < -0.3 is 20.4 Å². The van der Waals surface area contributed by atoms with E-state index in [1.807, 2.05) is 0 Å². The summed E-state index contributed by atoms with van der Waals surface area (Å²) in [5.74, 6) is 0. The highest BCUT2D eigenvalue weighted by Gasteiger charge is 2.34. The van der Waals surface area contributed by atoms with Crippen LogP contribution < -0.4 is 0 Å². The van der Waals surface area contributed by atoms with Crippen LogP contribution in [-0.4, -0.2) is 71.5 Å². The zero-order chi connectivity index (χ0) is 21.5. The van der Waals surface area contributed by atoms with Crippen molar-refractivity contribution in [1.29, 1.82) is 0 Å². The number of rotatable bonds is 24. The Bertz CT molecular complexity index is 254. The third kappa shape index (κ3) is 18.7. The third-order valence-corrected chi connectivity index (χ3v) is 11.2. The first kappa shape index (κ1) is 29.3. The Hall–Kier alpha value is 0.270. The molecule has 0 aliphatic rings. The van der Waals surface area contributed by atoms with Gasteiger partial charge in [-0.2, -0.15) is 0 Å². The molecular weight excluding hydrogens is 383 g/mol. The summed E-state index contributed by atoms with van der Waals surface area (Å²) in [5.41, 5.74) is 0. The van der Waals surface area contributed by atoms with E-state index in [0.717, 1.165) is 51.4 Å². The van der Waals surface area contributed by atoms with Crippen LogP contribution in [0.5, 0.6) is 0 Å². The summed E-state index contributed by atoms with van der Waals surface area (Å²) in [5, 5.41) is 36.2. The summed E-state index contributed by atoms with van der Waals surface area (Å²) in [4.78, 5) is 0. The molecule has 0 atom stereocenters. The van der Waals surface area contributed by atoms with Crippen LogP contribution in [0.2, 0.25) is 0 Å². The molecule has 0 rings (SSSR count). The second-order valence-corrected chi connectivity index (χ2v) is 13.3. The van der Waals surface area contributed by atoms with Crippen molar-refractivity contribution in [3.8, 4) is 0 Å². The lowest BCUT2D eigenvalue weighted by atomic mass is 10.2. The first-order valence-corrected chi connectivity index (χ1v) is 15.1. The Morgan fingerprint density at radius 2 is 0.483 bits per heavy atom. The first-order chi connectivity index (χ1) is 14.2. The highest BCUT2D eigenvalue weighted by Crippen LogP contribution is 2.61. The van der Waals surface area contributed by atoms with E-state index in [1.54, 1.807) is 0 Å². The average Bonchev–Trinajstić information content (AvgIpc) is 2.73. The lowest BCUT2D eigenvalue weighted by Crippen LogP contribution is -2.13. The van der Waals surface area contributed by atoms with Crippen molar-refractivity contribution < 1.29 is 20.4 Å². The minimum atomic E-state index is -0.941. The van der Waals surface area contributed by atoms with Gasteiger partial charge in [0.1, 0.15) is 0 Å². The summed E-state index contributed by atoms with van der Waals surface area (Å²) < 4.78 is 0. The molecule has 176 valence electrons. The second kappa shape index (κ2) is 22.9. The SMILES string of the molecule is OCCCCCC[P+](CCCCCCO)(CCCCCCO)CCCCCCO. The molecule has 0 saturated carbocycles. The summed E-state index contributed by atoms with van der Waals surface area (Å²) in [6, 6.07) is 0. The van der Waals surface area contributed by atoms with E-state index in [1.165, 1.54) is 76.0 Å². The Morgan fingerprint density at radius 1 is 0.276 bits per heavy atom. The van der Waals surface area contributed by atoms with Crippen LogP contribution >= 0.6 is 7.26 Å². The zero-order valence-electron chi connectivity index (χ0n) is 19.2. The van der Waals surface area contributed by atoms with Gasteiger partial charge in [0, 0.05) is 33.7 Å². The largest absolute Gasteiger partial charge is 0.396 e. The van der Waals surface area contributed by atoms with Crippen LogP contribution in [0.3, 0.4) is 0 Å². The molecule has 0 amide bonds. The Balaban J connectivity index is 4.69. The van der Waals surface area contributed by atoms with Gasteiger partial charge in [-0.3, -0.25) is 0 Å². The van der Waals surface area contributed by atoms with Gasteiger partial charge in [0.15, 0.2) is 0 Å². The molecule has 0 aliphatic heterocycles. The highest BCUT2D eigenvalue weighted by atomic mass is 31.2. The molecule has 5 heteroatoms. The molecule has 4 N–H and O–H groups in total. The molecule has 0 unspecified atom stereocenters. The number of aliphatic hydroxyl groups excluding tert-OH is 4. The Morgan fingerprint density at radius 3 is 0.690 bits per heavy atom. The van der Waals surface area contributed by atoms with Crippen LogP contribution in [0.4, 0.5) is 0 Å². The molecule has 0 spiro atoms. The quantitative estimate of drug-likeness (QED) is 0.124. The second-order valence-electron chi connectivity index (χ2n) is 8.79. The van der Waals surface area contributed by atoms with Gasteiger partial charge in [-0.1, -0.05) is 25.7 Å². The van der Waals surface area contributed by atoms with Gasteiger partial charge >= 0.3 is 0 Å². The van der Waals surface area contributed by atoms with Gasteiger partial charge in [0.2, 0.25) is 0 Å². The standard InChI is InChI=1S/C24H52O4P/c25-17-9-1-5-13-21-29(22-14-6-2-10-18-26,23-15-7-3-11-19-27)24-16-8-4-12-20-28/h25-28H,1-24H2/q+1. The molecule has 0 aromatic heterocycles. The highest BCUT2D eigenvalue weighted by molar-refractivity contribution is 7.75. The molecule has 0 saturated heterocycles. The fourth-order valence-corrected chi connectivity index (χ4v) is 9.24. The summed E-state index contributed by atoms with van der Waals surface area (Å²) in [6.07, 6.45) is 24.3. The molecule has 4 nitrogen and oxygen atoms in total. The van der Waals surface area contributed by atoms with E-state index in [2.05, 4.69) is 0 Å². The van der Waals surface area contributed by atoms with Gasteiger partial charge in [0.25, 0.3) is 0 Å². The van der Waals surface area contributed by atoms with Crippen LogP contribution in [0.25, 0.3) is 0 Å². The molecule has 0 bridgehead atoms. The first-order valence-electron chi connectivity index (χ1n) is 12.5. The van der Waals surface area contributed by atoms with Gasteiger partial charge in [0.05, 0.1) is 24.6 Å². The molecule has 0 heterocycles. The molecule has 29 heavy (non-hydrogen) atoms. The van der Waals surface area contributed by atoms with Crippen molar-refractivity contribution in [2.45, 2.75) is 103 Å². The fraction of sp³-hybridized carbons (Fsp3) is 1.00. The van der Waals surface area contributed by atoms with Crippen molar-refractivity contribution in [1.82, 2.24) is 0 Å². The average molecular weight is 436 g/mol. The summed E-state index contributed by atoms with van der Waals surface area (Å²) >= 11 is 0. The summed E-state index contributed by atoms with van der Waals surface area (Å²) in [7, 11) is -0.941. The van der Waals surface area contributed by atoms with E-state index in [9.17, 15) is 0 Å². The van der Waals surface area contributed by atoms with Crippen molar-refractivity contribution in [3.05, 3.63) is 0 Å². The van der Waals surface area contributed by atoms with E-state index in [4.69, 9.17) is 20.4 Å². The van der Waals surface area contributed by atoms with Gasteiger partial charge in [-0.25, -0.2) is 0 Å². The van der Waals surface area contributed by atoms with Gasteiger partial charge in [-0.05, 0) is 77.0 Å². The number of hydrogen-bond acceptors (Lipinski definition) is 4. The van der Waals surface area contributed by atoms with Crippen molar-refractivity contribution in [2.24, 2.45) is 0 Å². The van der Waals surface area contributed by atoms with E-state index >= 15 is 0 Å². The van der Waals surface area contributed by atoms with Crippen molar-refractivity contribution in [3.63, 3.8) is 0 Å². The minimum Gasteiger partial charge on any atom is -0.396 e. The van der Waals surface area contributed by atoms with Crippen molar-refractivity contribution >= 4 is 7.26 Å². The van der Waals surface area contributed by atoms with Crippen LogP contribution in [0.15, 0.2) is 0 Å². The number of unbranched alkanes of at least 4 members (excludes halogenated alkanes) is 12. The predicted octanol–water partition coefficient (Wildman–Crippen LogP) is 5.21. The maximum atomic E-state index is 9.04. The monoisotopic (exact) mass is 435 g/mol. The van der Waals surface area contributed by atoms with Crippen LogP contribution in [0.1, 0.15) is 103 Å². The van der Waals surface area contributed by atoms with Gasteiger partial charge in [-0.15, -0.1) is 0 Å². The van der Waals surface area contributed by atoms with E-state index in [-0.39, 0.29) is 0 Å². The van der Waals surface area contributed by atoms with Crippen LogP contribution in [-0.2, 0) is 0 Å².